The van der Waals surface area contributed by atoms with E-state index < -0.39 is 0 Å². The summed E-state index contributed by atoms with van der Waals surface area (Å²) in [5, 5.41) is 11.6. The fourth-order valence-electron chi connectivity index (χ4n) is 2.21. The fourth-order valence-corrected chi connectivity index (χ4v) is 2.86. The Hall–Kier alpha value is -2.31. The number of aromatic nitrogens is 3. The lowest BCUT2D eigenvalue weighted by molar-refractivity contribution is 0.871. The molecule has 0 aliphatic rings. The molecule has 120 valence electrons. The Morgan fingerprint density at radius 2 is 1.88 bits per heavy atom. The molecule has 3 aromatic rings. The van der Waals surface area contributed by atoms with E-state index in [0.717, 1.165) is 21.2 Å². The van der Waals surface area contributed by atoms with Crippen LogP contribution in [0.4, 0.5) is 0 Å². The highest BCUT2D eigenvalue weighted by atomic mass is 79.9. The van der Waals surface area contributed by atoms with Gasteiger partial charge in [-0.15, -0.1) is 0 Å². The molecule has 0 aliphatic heterocycles. The van der Waals surface area contributed by atoms with Gasteiger partial charge in [-0.2, -0.15) is 14.9 Å². The standard InChI is InChI=1S/C18H15BrN4S/c1-13(11-14-7-3-2-4-8-14)12-20-23-17(21-22-18(23)24)15-9-5-6-10-16(15)19/h2-12H,1H3,(H,22,24)/b13-11-,20-12-. The van der Waals surface area contributed by atoms with Crippen molar-refractivity contribution in [1.29, 1.82) is 0 Å². The lowest BCUT2D eigenvalue weighted by Crippen LogP contribution is -1.95. The SMILES string of the molecule is CC(/C=N\n1c(-c2ccccc2Br)n[nH]c1=S)=C/c1ccccc1. The second kappa shape index (κ2) is 7.51. The maximum Gasteiger partial charge on any atom is 0.216 e. The zero-order valence-electron chi connectivity index (χ0n) is 13.0. The van der Waals surface area contributed by atoms with Crippen molar-refractivity contribution in [1.82, 2.24) is 14.9 Å². The van der Waals surface area contributed by atoms with Gasteiger partial charge in [0.15, 0.2) is 5.82 Å². The molecule has 1 aromatic heterocycles. The minimum absolute atomic E-state index is 0.449. The number of benzene rings is 2. The summed E-state index contributed by atoms with van der Waals surface area (Å²) in [6, 6.07) is 17.9. The highest BCUT2D eigenvalue weighted by Gasteiger charge is 2.10. The van der Waals surface area contributed by atoms with Crippen molar-refractivity contribution in [3.63, 3.8) is 0 Å². The van der Waals surface area contributed by atoms with Gasteiger partial charge in [-0.3, -0.25) is 0 Å². The van der Waals surface area contributed by atoms with Crippen molar-refractivity contribution >= 4 is 40.4 Å². The summed E-state index contributed by atoms with van der Waals surface area (Å²) < 4.78 is 3.01. The Bertz CT molecular complexity index is 954. The van der Waals surface area contributed by atoms with Crippen LogP contribution in [0.25, 0.3) is 17.5 Å². The van der Waals surface area contributed by atoms with Gasteiger partial charge in [-0.1, -0.05) is 64.5 Å². The molecule has 1 N–H and O–H groups in total. The zero-order chi connectivity index (χ0) is 16.9. The second-order valence-corrected chi connectivity index (χ2v) is 6.43. The maximum absolute atomic E-state index is 5.29. The summed E-state index contributed by atoms with van der Waals surface area (Å²) in [5.74, 6) is 0.663. The molecular weight excluding hydrogens is 384 g/mol. The van der Waals surface area contributed by atoms with Crippen molar-refractivity contribution in [2.75, 3.05) is 0 Å². The first-order valence-electron chi connectivity index (χ1n) is 7.35. The van der Waals surface area contributed by atoms with E-state index >= 15 is 0 Å². The number of hydrogen-bond acceptors (Lipinski definition) is 3. The summed E-state index contributed by atoms with van der Waals surface area (Å²) in [7, 11) is 0. The number of nitrogens with zero attached hydrogens (tertiary/aromatic N) is 3. The smallest absolute Gasteiger partial charge is 0.216 e. The van der Waals surface area contributed by atoms with Gasteiger partial charge in [0.05, 0.1) is 6.21 Å². The number of rotatable bonds is 4. The molecule has 0 fully saturated rings. The maximum atomic E-state index is 5.29. The number of aromatic amines is 1. The molecule has 0 atom stereocenters. The van der Waals surface area contributed by atoms with E-state index in [9.17, 15) is 0 Å². The molecule has 0 amide bonds. The number of nitrogens with one attached hydrogen (secondary N) is 1. The summed E-state index contributed by atoms with van der Waals surface area (Å²) >= 11 is 8.83. The Morgan fingerprint density at radius 3 is 2.62 bits per heavy atom. The van der Waals surface area contributed by atoms with E-state index in [2.05, 4.69) is 37.3 Å². The molecular formula is C18H15BrN4S. The quantitative estimate of drug-likeness (QED) is 0.478. The predicted molar refractivity (Wildman–Crippen MR) is 105 cm³/mol. The van der Waals surface area contributed by atoms with Crippen LogP contribution in [0.5, 0.6) is 0 Å². The van der Waals surface area contributed by atoms with Crippen LogP contribution in [0.3, 0.4) is 0 Å². The molecule has 0 bridgehead atoms. The van der Waals surface area contributed by atoms with Gasteiger partial charge in [-0.05, 0) is 42.4 Å². The Morgan fingerprint density at radius 1 is 1.17 bits per heavy atom. The number of allylic oxidation sites excluding steroid dienone is 1. The molecule has 3 rings (SSSR count). The highest BCUT2D eigenvalue weighted by molar-refractivity contribution is 9.10. The molecule has 0 saturated heterocycles. The average Bonchev–Trinajstić information content (AvgIpc) is 2.95. The molecule has 4 nitrogen and oxygen atoms in total. The third-order valence-corrected chi connectivity index (χ3v) is 4.29. The van der Waals surface area contributed by atoms with E-state index in [4.69, 9.17) is 12.2 Å². The molecule has 0 spiro atoms. The molecule has 2 aromatic carbocycles. The first-order valence-corrected chi connectivity index (χ1v) is 8.55. The molecule has 0 radical (unpaired) electrons. The van der Waals surface area contributed by atoms with E-state index in [1.54, 1.807) is 10.9 Å². The van der Waals surface area contributed by atoms with Crippen LogP contribution in [0.15, 0.2) is 69.7 Å². The normalized spacial score (nSPS) is 12.0. The van der Waals surface area contributed by atoms with Gasteiger partial charge < -0.3 is 0 Å². The first-order chi connectivity index (χ1) is 11.6. The van der Waals surface area contributed by atoms with Crippen LogP contribution in [0.1, 0.15) is 12.5 Å². The van der Waals surface area contributed by atoms with Crippen LogP contribution in [0.2, 0.25) is 0 Å². The second-order valence-electron chi connectivity index (χ2n) is 5.19. The van der Waals surface area contributed by atoms with Crippen LogP contribution < -0.4 is 0 Å². The third-order valence-electron chi connectivity index (χ3n) is 3.34. The summed E-state index contributed by atoms with van der Waals surface area (Å²) in [6.07, 6.45) is 3.84. The molecule has 6 heteroatoms. The van der Waals surface area contributed by atoms with Gasteiger partial charge in [-0.25, -0.2) is 5.10 Å². The molecule has 24 heavy (non-hydrogen) atoms. The topological polar surface area (TPSA) is 46.0 Å². The Labute approximate surface area is 153 Å². The molecule has 1 heterocycles. The fraction of sp³-hybridized carbons (Fsp3) is 0.0556. The molecule has 0 aliphatic carbocycles. The first kappa shape index (κ1) is 16.5. The largest absolute Gasteiger partial charge is 0.250 e. The van der Waals surface area contributed by atoms with E-state index in [1.807, 2.05) is 61.5 Å². The van der Waals surface area contributed by atoms with Crippen LogP contribution in [0, 0.1) is 4.77 Å². The summed E-state index contributed by atoms with van der Waals surface area (Å²) in [4.78, 5) is 0. The van der Waals surface area contributed by atoms with E-state index in [1.165, 1.54) is 0 Å². The van der Waals surface area contributed by atoms with Crippen molar-refractivity contribution < 1.29 is 0 Å². The van der Waals surface area contributed by atoms with Gasteiger partial charge in [0.25, 0.3) is 0 Å². The lowest BCUT2D eigenvalue weighted by Gasteiger charge is -2.03. The molecule has 0 unspecified atom stereocenters. The van der Waals surface area contributed by atoms with Crippen molar-refractivity contribution in [3.05, 3.63) is 75.0 Å². The van der Waals surface area contributed by atoms with Gasteiger partial charge >= 0.3 is 0 Å². The van der Waals surface area contributed by atoms with Crippen LogP contribution in [-0.2, 0) is 0 Å². The van der Waals surface area contributed by atoms with E-state index in [0.29, 0.717) is 10.6 Å². The van der Waals surface area contributed by atoms with Crippen LogP contribution >= 0.6 is 28.1 Å². The van der Waals surface area contributed by atoms with Crippen molar-refractivity contribution in [2.24, 2.45) is 5.10 Å². The zero-order valence-corrected chi connectivity index (χ0v) is 15.4. The monoisotopic (exact) mass is 398 g/mol. The Kier molecular flexibility index (Phi) is 5.17. The van der Waals surface area contributed by atoms with Gasteiger partial charge in [0.1, 0.15) is 0 Å². The Balaban J connectivity index is 1.94. The highest BCUT2D eigenvalue weighted by Crippen LogP contribution is 2.26. The van der Waals surface area contributed by atoms with E-state index in [-0.39, 0.29) is 0 Å². The van der Waals surface area contributed by atoms with Gasteiger partial charge in [0, 0.05) is 10.0 Å². The lowest BCUT2D eigenvalue weighted by atomic mass is 10.1. The van der Waals surface area contributed by atoms with Crippen LogP contribution in [-0.4, -0.2) is 21.1 Å². The number of H-pyrrole nitrogens is 1. The average molecular weight is 399 g/mol. The minimum Gasteiger partial charge on any atom is -0.250 e. The summed E-state index contributed by atoms with van der Waals surface area (Å²) in [5.41, 5.74) is 3.07. The molecule has 0 saturated carbocycles. The number of hydrogen-bond donors (Lipinski definition) is 1. The van der Waals surface area contributed by atoms with Crippen molar-refractivity contribution in [2.45, 2.75) is 6.92 Å². The third kappa shape index (κ3) is 3.77. The predicted octanol–water partition coefficient (Wildman–Crippen LogP) is 5.31. The van der Waals surface area contributed by atoms with Crippen molar-refractivity contribution in [3.8, 4) is 11.4 Å². The van der Waals surface area contributed by atoms with Gasteiger partial charge in [0.2, 0.25) is 4.77 Å². The number of halogens is 1. The minimum atomic E-state index is 0.449. The summed E-state index contributed by atoms with van der Waals surface area (Å²) in [6.45, 7) is 2.00.